The smallest absolute Gasteiger partial charge is 0.191 e. The van der Waals surface area contributed by atoms with Gasteiger partial charge in [-0.25, -0.2) is 4.99 Å². The molecule has 0 aliphatic carbocycles. The molecule has 1 heterocycles. The minimum atomic E-state index is -0.645. The second-order valence-corrected chi connectivity index (χ2v) is 7.67. The average Bonchev–Trinajstić information content (AvgIpc) is 3.29. The van der Waals surface area contributed by atoms with Crippen molar-refractivity contribution in [3.8, 4) is 5.75 Å². The molecule has 0 spiro atoms. The lowest BCUT2D eigenvalue weighted by Gasteiger charge is -2.16. The number of benzene rings is 2. The van der Waals surface area contributed by atoms with Gasteiger partial charge in [-0.2, -0.15) is 0 Å². The van der Waals surface area contributed by atoms with E-state index >= 15 is 0 Å². The van der Waals surface area contributed by atoms with Crippen LogP contribution in [0, 0.1) is 0 Å². The number of aliphatic hydroxyl groups is 1. The molecule has 1 aliphatic rings. The zero-order chi connectivity index (χ0) is 21.2. The highest BCUT2D eigenvalue weighted by atomic mass is 127. The fourth-order valence-corrected chi connectivity index (χ4v) is 3.62. The number of guanidine groups is 1. The lowest BCUT2D eigenvalue weighted by Crippen LogP contribution is -2.39. The van der Waals surface area contributed by atoms with Crippen LogP contribution in [0.1, 0.15) is 42.6 Å². The maximum atomic E-state index is 10.5. The number of hydrogen-bond donors (Lipinski definition) is 3. The molecule has 0 radical (unpaired) electrons. The van der Waals surface area contributed by atoms with Gasteiger partial charge in [0.1, 0.15) is 5.75 Å². The molecule has 0 amide bonds. The molecule has 1 atom stereocenters. The highest BCUT2D eigenvalue weighted by Crippen LogP contribution is 2.18. The van der Waals surface area contributed by atoms with Gasteiger partial charge >= 0.3 is 0 Å². The van der Waals surface area contributed by atoms with Gasteiger partial charge in [-0.3, -0.25) is 4.90 Å². The van der Waals surface area contributed by atoms with E-state index in [1.54, 1.807) is 7.11 Å². The van der Waals surface area contributed by atoms with Crippen molar-refractivity contribution in [2.75, 3.05) is 33.3 Å². The second-order valence-electron chi connectivity index (χ2n) is 7.67. The molecule has 6 nitrogen and oxygen atoms in total. The Kier molecular flexibility index (Phi) is 11.1. The first kappa shape index (κ1) is 25.4. The highest BCUT2D eigenvalue weighted by Gasteiger charge is 2.12. The number of rotatable bonds is 9. The van der Waals surface area contributed by atoms with Crippen LogP contribution in [0.5, 0.6) is 5.75 Å². The first-order chi connectivity index (χ1) is 14.7. The van der Waals surface area contributed by atoms with E-state index in [-0.39, 0.29) is 24.0 Å². The first-order valence-corrected chi connectivity index (χ1v) is 10.8. The summed E-state index contributed by atoms with van der Waals surface area (Å²) in [5.74, 6) is 1.43. The fraction of sp³-hybridized carbons (Fsp3) is 0.458. The number of nitrogens with one attached hydrogen (secondary N) is 2. The van der Waals surface area contributed by atoms with E-state index in [0.717, 1.165) is 24.4 Å². The molecule has 3 N–H and O–H groups in total. The van der Waals surface area contributed by atoms with Gasteiger partial charge in [0.25, 0.3) is 0 Å². The monoisotopic (exact) mass is 538 g/mol. The summed E-state index contributed by atoms with van der Waals surface area (Å²) in [5.41, 5.74) is 3.34. The van der Waals surface area contributed by atoms with Gasteiger partial charge in [0.05, 0.1) is 19.8 Å². The van der Waals surface area contributed by atoms with Crippen molar-refractivity contribution in [2.24, 2.45) is 4.99 Å². The van der Waals surface area contributed by atoms with Gasteiger partial charge in [-0.1, -0.05) is 36.4 Å². The molecular formula is C24H35IN4O2. The Labute approximate surface area is 203 Å². The Hall–Kier alpha value is -1.84. The molecule has 31 heavy (non-hydrogen) atoms. The van der Waals surface area contributed by atoms with Crippen molar-refractivity contribution in [1.29, 1.82) is 0 Å². The summed E-state index contributed by atoms with van der Waals surface area (Å²) in [4.78, 5) is 7.17. The van der Waals surface area contributed by atoms with Crippen LogP contribution >= 0.6 is 24.0 Å². The van der Waals surface area contributed by atoms with E-state index < -0.39 is 6.10 Å². The van der Waals surface area contributed by atoms with Crippen LogP contribution in [0.3, 0.4) is 0 Å². The minimum absolute atomic E-state index is 0. The Morgan fingerprint density at radius 3 is 2.48 bits per heavy atom. The summed E-state index contributed by atoms with van der Waals surface area (Å²) in [6.07, 6.45) is 1.99. The van der Waals surface area contributed by atoms with Crippen molar-refractivity contribution in [3.05, 3.63) is 65.2 Å². The SMILES string of the molecule is CCNC(=NCc1ccc(CN2CCCC2)cc1)NCC(O)c1cccc(OC)c1.I. The van der Waals surface area contributed by atoms with Crippen molar-refractivity contribution in [1.82, 2.24) is 15.5 Å². The molecule has 1 saturated heterocycles. The number of aliphatic hydroxyl groups excluding tert-OH is 1. The summed E-state index contributed by atoms with van der Waals surface area (Å²) >= 11 is 0. The molecule has 1 unspecified atom stereocenters. The lowest BCUT2D eigenvalue weighted by atomic mass is 10.1. The van der Waals surface area contributed by atoms with Gasteiger partial charge in [-0.15, -0.1) is 24.0 Å². The number of methoxy groups -OCH3 is 1. The summed E-state index contributed by atoms with van der Waals surface area (Å²) in [6, 6.07) is 16.2. The molecule has 0 bridgehead atoms. The number of aliphatic imine (C=N–C) groups is 1. The minimum Gasteiger partial charge on any atom is -0.497 e. The van der Waals surface area contributed by atoms with E-state index in [1.165, 1.54) is 37.1 Å². The van der Waals surface area contributed by atoms with Crippen LogP contribution in [0.15, 0.2) is 53.5 Å². The van der Waals surface area contributed by atoms with Crippen molar-refractivity contribution >= 4 is 29.9 Å². The predicted octanol–water partition coefficient (Wildman–Crippen LogP) is 3.70. The molecule has 0 aromatic heterocycles. The van der Waals surface area contributed by atoms with Gasteiger partial charge < -0.3 is 20.5 Å². The molecule has 2 aromatic rings. The largest absolute Gasteiger partial charge is 0.497 e. The number of nitrogens with zero attached hydrogens (tertiary/aromatic N) is 2. The van der Waals surface area contributed by atoms with E-state index in [2.05, 4.69) is 44.8 Å². The molecule has 7 heteroatoms. The van der Waals surface area contributed by atoms with Gasteiger partial charge in [0.2, 0.25) is 0 Å². The zero-order valence-corrected chi connectivity index (χ0v) is 20.8. The lowest BCUT2D eigenvalue weighted by molar-refractivity contribution is 0.180. The van der Waals surface area contributed by atoms with Crippen LogP contribution in [0.2, 0.25) is 0 Å². The topological polar surface area (TPSA) is 69.1 Å². The number of ether oxygens (including phenoxy) is 1. The van der Waals surface area contributed by atoms with Crippen molar-refractivity contribution < 1.29 is 9.84 Å². The number of halogens is 1. The maximum Gasteiger partial charge on any atom is 0.191 e. The maximum absolute atomic E-state index is 10.5. The molecule has 3 rings (SSSR count). The third-order valence-electron chi connectivity index (χ3n) is 5.33. The van der Waals surface area contributed by atoms with Crippen molar-refractivity contribution in [3.63, 3.8) is 0 Å². The van der Waals surface area contributed by atoms with Crippen LogP contribution < -0.4 is 15.4 Å². The van der Waals surface area contributed by atoms with Crippen LogP contribution in [0.4, 0.5) is 0 Å². The summed E-state index contributed by atoms with van der Waals surface area (Å²) in [6.45, 7) is 7.22. The third-order valence-corrected chi connectivity index (χ3v) is 5.33. The summed E-state index contributed by atoms with van der Waals surface area (Å²) in [5, 5.41) is 17.0. The number of likely N-dealkylation sites (tertiary alicyclic amines) is 1. The van der Waals surface area contributed by atoms with E-state index in [0.29, 0.717) is 19.0 Å². The molecule has 0 saturated carbocycles. The molecule has 2 aromatic carbocycles. The van der Waals surface area contributed by atoms with Crippen molar-refractivity contribution in [2.45, 2.75) is 39.0 Å². The second kappa shape index (κ2) is 13.5. The number of hydrogen-bond acceptors (Lipinski definition) is 4. The van der Waals surface area contributed by atoms with E-state index in [4.69, 9.17) is 4.74 Å². The van der Waals surface area contributed by atoms with E-state index in [9.17, 15) is 5.11 Å². The first-order valence-electron chi connectivity index (χ1n) is 10.8. The van der Waals surface area contributed by atoms with Crippen LogP contribution in [0.25, 0.3) is 0 Å². The van der Waals surface area contributed by atoms with E-state index in [1.807, 2.05) is 31.2 Å². The molecule has 1 fully saturated rings. The Morgan fingerprint density at radius 1 is 1.10 bits per heavy atom. The van der Waals surface area contributed by atoms with Gasteiger partial charge in [0.15, 0.2) is 5.96 Å². The average molecular weight is 538 g/mol. The normalized spacial score (nSPS) is 15.3. The van der Waals surface area contributed by atoms with Crippen LogP contribution in [-0.4, -0.2) is 49.3 Å². The zero-order valence-electron chi connectivity index (χ0n) is 18.5. The highest BCUT2D eigenvalue weighted by molar-refractivity contribution is 14.0. The Balaban J connectivity index is 0.00000341. The van der Waals surface area contributed by atoms with Crippen LogP contribution in [-0.2, 0) is 13.1 Å². The standard InChI is InChI=1S/C24H34N4O2.HI/c1-3-25-24(27-17-23(29)21-7-6-8-22(15-21)30-2)26-16-19-9-11-20(12-10-19)18-28-13-4-5-14-28;/h6-12,15,23,29H,3-5,13-14,16-18H2,1-2H3,(H2,25,26,27);1H. The van der Waals surface area contributed by atoms with Gasteiger partial charge in [-0.05, 0) is 61.7 Å². The molecular weight excluding hydrogens is 503 g/mol. The van der Waals surface area contributed by atoms with Gasteiger partial charge in [0, 0.05) is 19.6 Å². The quantitative estimate of drug-likeness (QED) is 0.258. The molecule has 1 aliphatic heterocycles. The Bertz CT molecular complexity index is 807. The Morgan fingerprint density at radius 2 is 1.81 bits per heavy atom. The fourth-order valence-electron chi connectivity index (χ4n) is 3.62. The summed E-state index contributed by atoms with van der Waals surface area (Å²) < 4.78 is 5.23. The summed E-state index contributed by atoms with van der Waals surface area (Å²) in [7, 11) is 1.62. The predicted molar refractivity (Wildman–Crippen MR) is 137 cm³/mol. The third kappa shape index (κ3) is 8.31. The molecule has 170 valence electrons.